The first-order chi connectivity index (χ1) is 7.81. The Labute approximate surface area is 93.0 Å². The molecule has 1 aliphatic rings. The maximum atomic E-state index is 10.2. The van der Waals surface area contributed by atoms with Crippen molar-refractivity contribution in [3.63, 3.8) is 0 Å². The van der Waals surface area contributed by atoms with Gasteiger partial charge in [-0.3, -0.25) is 10.1 Å². The first-order valence-electron chi connectivity index (χ1n) is 5.03. The lowest BCUT2D eigenvalue weighted by atomic mass is 10.2. The van der Waals surface area contributed by atoms with Crippen LogP contribution in [0.5, 0.6) is 5.75 Å². The molecule has 1 aromatic rings. The maximum absolute atomic E-state index is 10.2. The highest BCUT2D eigenvalue weighted by Crippen LogP contribution is 2.17. The van der Waals surface area contributed by atoms with Crippen molar-refractivity contribution in [1.29, 1.82) is 0 Å². The number of ether oxygens (including phenoxy) is 2. The van der Waals surface area contributed by atoms with Crippen LogP contribution in [0.1, 0.15) is 0 Å². The second-order valence-corrected chi connectivity index (χ2v) is 3.52. The SMILES string of the molecule is O=CO[C@H]1NC[C@@H](Oc2ccccc2)[C@@H]1O. The van der Waals surface area contributed by atoms with Gasteiger partial charge in [0.25, 0.3) is 6.47 Å². The fourth-order valence-electron chi connectivity index (χ4n) is 1.64. The summed E-state index contributed by atoms with van der Waals surface area (Å²) in [5.74, 6) is 0.681. The molecule has 5 nitrogen and oxygen atoms in total. The molecule has 3 atom stereocenters. The van der Waals surface area contributed by atoms with E-state index in [2.05, 4.69) is 10.1 Å². The zero-order chi connectivity index (χ0) is 11.4. The summed E-state index contributed by atoms with van der Waals surface area (Å²) >= 11 is 0. The third kappa shape index (κ3) is 2.32. The van der Waals surface area contributed by atoms with Crippen LogP contribution in [0.2, 0.25) is 0 Å². The molecular weight excluding hydrogens is 210 g/mol. The molecule has 1 aromatic carbocycles. The molecular formula is C11H13NO4. The molecule has 2 N–H and O–H groups in total. The molecule has 0 radical (unpaired) electrons. The number of benzene rings is 1. The molecule has 0 aliphatic carbocycles. The van der Waals surface area contributed by atoms with Gasteiger partial charge in [-0.25, -0.2) is 0 Å². The van der Waals surface area contributed by atoms with E-state index in [0.717, 1.165) is 0 Å². The van der Waals surface area contributed by atoms with Crippen molar-refractivity contribution < 1.29 is 19.4 Å². The molecule has 1 fully saturated rings. The van der Waals surface area contributed by atoms with Gasteiger partial charge in [0, 0.05) is 6.54 Å². The van der Waals surface area contributed by atoms with Crippen LogP contribution in [-0.2, 0) is 9.53 Å². The summed E-state index contributed by atoms with van der Waals surface area (Å²) in [6.07, 6.45) is -1.95. The van der Waals surface area contributed by atoms with Gasteiger partial charge in [-0.15, -0.1) is 0 Å². The first-order valence-corrected chi connectivity index (χ1v) is 5.03. The summed E-state index contributed by atoms with van der Waals surface area (Å²) in [5.41, 5.74) is 0. The van der Waals surface area contributed by atoms with E-state index in [9.17, 15) is 9.90 Å². The maximum Gasteiger partial charge on any atom is 0.294 e. The van der Waals surface area contributed by atoms with E-state index >= 15 is 0 Å². The van der Waals surface area contributed by atoms with Crippen LogP contribution >= 0.6 is 0 Å². The number of rotatable bonds is 4. The molecule has 0 aromatic heterocycles. The fourth-order valence-corrected chi connectivity index (χ4v) is 1.64. The van der Waals surface area contributed by atoms with Gasteiger partial charge in [-0.05, 0) is 12.1 Å². The Hall–Kier alpha value is -1.59. The predicted octanol–water partition coefficient (Wildman–Crippen LogP) is -0.103. The number of hydrogen-bond acceptors (Lipinski definition) is 5. The Balaban J connectivity index is 1.95. The highest BCUT2D eigenvalue weighted by molar-refractivity contribution is 5.37. The first kappa shape index (κ1) is 10.9. The number of carbonyl (C=O) groups is 1. The summed E-state index contributed by atoms with van der Waals surface area (Å²) in [6.45, 7) is 0.750. The van der Waals surface area contributed by atoms with E-state index in [-0.39, 0.29) is 0 Å². The van der Waals surface area contributed by atoms with Crippen LogP contribution in [0.4, 0.5) is 0 Å². The van der Waals surface area contributed by atoms with Crippen molar-refractivity contribution in [2.45, 2.75) is 18.4 Å². The van der Waals surface area contributed by atoms with Crippen molar-refractivity contribution >= 4 is 6.47 Å². The number of hydrogen-bond donors (Lipinski definition) is 2. The lowest BCUT2D eigenvalue weighted by molar-refractivity contribution is -0.140. The second kappa shape index (κ2) is 4.96. The molecule has 1 aliphatic heterocycles. The standard InChI is InChI=1S/C11H13NO4/c13-7-15-11-10(14)9(6-12-11)16-8-4-2-1-3-5-8/h1-5,7,9-12,14H,6H2/t9-,10+,11-/m1/s1. The van der Waals surface area contributed by atoms with Gasteiger partial charge in [0.2, 0.25) is 0 Å². The zero-order valence-electron chi connectivity index (χ0n) is 8.58. The normalized spacial score (nSPS) is 28.7. The van der Waals surface area contributed by atoms with Gasteiger partial charge in [0.1, 0.15) is 18.0 Å². The minimum absolute atomic E-state index is 0.311. The van der Waals surface area contributed by atoms with E-state index in [1.165, 1.54) is 0 Å². The molecule has 0 bridgehead atoms. The Kier molecular flexibility index (Phi) is 3.38. The topological polar surface area (TPSA) is 67.8 Å². The molecule has 86 valence electrons. The molecule has 1 saturated heterocycles. The van der Waals surface area contributed by atoms with E-state index in [0.29, 0.717) is 18.8 Å². The van der Waals surface area contributed by atoms with Gasteiger partial charge in [0.05, 0.1) is 0 Å². The highest BCUT2D eigenvalue weighted by Gasteiger charge is 2.37. The Morgan fingerprint density at radius 1 is 1.38 bits per heavy atom. The molecule has 0 saturated carbocycles. The van der Waals surface area contributed by atoms with E-state index in [1.54, 1.807) is 12.1 Å². The summed E-state index contributed by atoms with van der Waals surface area (Å²) < 4.78 is 10.2. The van der Waals surface area contributed by atoms with Crippen molar-refractivity contribution in [3.8, 4) is 5.75 Å². The summed E-state index contributed by atoms with van der Waals surface area (Å²) in [4.78, 5) is 10.2. The van der Waals surface area contributed by atoms with Crippen LogP contribution in [0.3, 0.4) is 0 Å². The monoisotopic (exact) mass is 223 g/mol. The molecule has 0 amide bonds. The van der Waals surface area contributed by atoms with Crippen molar-refractivity contribution in [1.82, 2.24) is 5.32 Å². The lowest BCUT2D eigenvalue weighted by Gasteiger charge is -2.18. The van der Waals surface area contributed by atoms with Crippen LogP contribution in [0, 0.1) is 0 Å². The van der Waals surface area contributed by atoms with Crippen LogP contribution in [0.15, 0.2) is 30.3 Å². The zero-order valence-corrected chi connectivity index (χ0v) is 8.58. The molecule has 1 heterocycles. The summed E-state index contributed by atoms with van der Waals surface area (Å²) in [7, 11) is 0. The molecule has 16 heavy (non-hydrogen) atoms. The van der Waals surface area contributed by atoms with Crippen molar-refractivity contribution in [3.05, 3.63) is 30.3 Å². The predicted molar refractivity (Wildman–Crippen MR) is 55.8 cm³/mol. The molecule has 2 rings (SSSR count). The van der Waals surface area contributed by atoms with E-state index in [4.69, 9.17) is 4.74 Å². The minimum Gasteiger partial charge on any atom is -0.486 e. The Morgan fingerprint density at radius 3 is 2.81 bits per heavy atom. The minimum atomic E-state index is -0.856. The summed E-state index contributed by atoms with van der Waals surface area (Å²) in [6, 6.07) is 9.20. The van der Waals surface area contributed by atoms with Gasteiger partial charge >= 0.3 is 0 Å². The Morgan fingerprint density at radius 2 is 2.12 bits per heavy atom. The quantitative estimate of drug-likeness (QED) is 0.697. The van der Waals surface area contributed by atoms with Crippen molar-refractivity contribution in [2.24, 2.45) is 0 Å². The second-order valence-electron chi connectivity index (χ2n) is 3.52. The summed E-state index contributed by atoms with van der Waals surface area (Å²) in [5, 5.41) is 12.6. The van der Waals surface area contributed by atoms with Crippen LogP contribution in [0.25, 0.3) is 0 Å². The lowest BCUT2D eigenvalue weighted by Crippen LogP contribution is -2.37. The molecule has 0 unspecified atom stereocenters. The largest absolute Gasteiger partial charge is 0.486 e. The number of aliphatic hydroxyl groups excluding tert-OH is 1. The Bertz CT molecular complexity index is 343. The third-order valence-electron chi connectivity index (χ3n) is 2.44. The van der Waals surface area contributed by atoms with E-state index < -0.39 is 18.4 Å². The number of aliphatic hydroxyl groups is 1. The molecule has 5 heteroatoms. The van der Waals surface area contributed by atoms with Crippen LogP contribution in [-0.4, -0.2) is 36.6 Å². The average Bonchev–Trinajstić information content (AvgIpc) is 2.64. The third-order valence-corrected chi connectivity index (χ3v) is 2.44. The molecule has 0 spiro atoms. The number of para-hydroxylation sites is 1. The highest BCUT2D eigenvalue weighted by atomic mass is 16.6. The van der Waals surface area contributed by atoms with Gasteiger partial charge in [0.15, 0.2) is 6.23 Å². The van der Waals surface area contributed by atoms with Crippen LogP contribution < -0.4 is 10.1 Å². The van der Waals surface area contributed by atoms with Gasteiger partial charge < -0.3 is 14.6 Å². The smallest absolute Gasteiger partial charge is 0.294 e. The fraction of sp³-hybridized carbons (Fsp3) is 0.364. The van der Waals surface area contributed by atoms with Crippen molar-refractivity contribution in [2.75, 3.05) is 6.54 Å². The van der Waals surface area contributed by atoms with Gasteiger partial charge in [-0.1, -0.05) is 18.2 Å². The number of nitrogens with one attached hydrogen (secondary N) is 1. The average molecular weight is 223 g/mol. The van der Waals surface area contributed by atoms with Gasteiger partial charge in [-0.2, -0.15) is 0 Å². The number of carbonyl (C=O) groups excluding carboxylic acids is 1. The van der Waals surface area contributed by atoms with E-state index in [1.807, 2.05) is 18.2 Å².